The normalized spacial score (nSPS) is 12.6. The van der Waals surface area contributed by atoms with Gasteiger partial charge in [-0.3, -0.25) is 9.69 Å². The molecule has 0 heterocycles. The van der Waals surface area contributed by atoms with Gasteiger partial charge in [-0.1, -0.05) is 29.3 Å². The summed E-state index contributed by atoms with van der Waals surface area (Å²) in [5, 5.41) is 1.25. The van der Waals surface area contributed by atoms with Gasteiger partial charge in [-0.15, -0.1) is 0 Å². The van der Waals surface area contributed by atoms with Crippen LogP contribution in [0, 0.1) is 0 Å². The Labute approximate surface area is 131 Å². The fourth-order valence-corrected chi connectivity index (χ4v) is 2.67. The van der Waals surface area contributed by atoms with Crippen molar-refractivity contribution in [3.05, 3.63) is 33.8 Å². The fourth-order valence-electron chi connectivity index (χ4n) is 2.10. The first-order chi connectivity index (χ1) is 9.40. The second-order valence-corrected chi connectivity index (χ2v) is 5.67. The van der Waals surface area contributed by atoms with Crippen LogP contribution in [0.2, 0.25) is 10.0 Å². The van der Waals surface area contributed by atoms with Crippen molar-refractivity contribution in [3.8, 4) is 0 Å². The number of carbonyl (C=O) groups is 1. The van der Waals surface area contributed by atoms with Gasteiger partial charge in [0.1, 0.15) is 0 Å². The number of hydrogen-bond donors (Lipinski definition) is 0. The Morgan fingerprint density at radius 2 is 1.85 bits per heavy atom. The topological polar surface area (TPSA) is 23.6 Å². The number of benzene rings is 1. The quantitative estimate of drug-likeness (QED) is 0.795. The average Bonchev–Trinajstić information content (AvgIpc) is 2.39. The number of hydrogen-bond acceptors (Lipinski definition) is 2. The first-order valence-corrected chi connectivity index (χ1v) is 7.59. The van der Waals surface area contributed by atoms with E-state index < -0.39 is 0 Å². The lowest BCUT2D eigenvalue weighted by atomic mass is 10.1. The van der Waals surface area contributed by atoms with Gasteiger partial charge in [0.05, 0.1) is 6.54 Å². The van der Waals surface area contributed by atoms with Crippen LogP contribution >= 0.6 is 23.2 Å². The molecule has 1 unspecified atom stereocenters. The second-order valence-electron chi connectivity index (χ2n) is 4.82. The Hall–Kier alpha value is -0.770. The predicted molar refractivity (Wildman–Crippen MR) is 85.4 cm³/mol. The van der Waals surface area contributed by atoms with E-state index in [9.17, 15) is 4.79 Å². The van der Waals surface area contributed by atoms with Gasteiger partial charge in [-0.2, -0.15) is 0 Å². The number of likely N-dealkylation sites (N-methyl/N-ethyl adjacent to an activating group) is 2. The van der Waals surface area contributed by atoms with E-state index in [1.54, 1.807) is 6.07 Å². The van der Waals surface area contributed by atoms with Crippen LogP contribution in [0.25, 0.3) is 0 Å². The molecular weight excluding hydrogens is 295 g/mol. The van der Waals surface area contributed by atoms with Crippen molar-refractivity contribution in [1.82, 2.24) is 9.80 Å². The molecule has 1 amide bonds. The van der Waals surface area contributed by atoms with Crippen LogP contribution in [0.3, 0.4) is 0 Å². The zero-order valence-corrected chi connectivity index (χ0v) is 14.0. The third-order valence-electron chi connectivity index (χ3n) is 3.57. The van der Waals surface area contributed by atoms with Crippen molar-refractivity contribution >= 4 is 29.1 Å². The third-order valence-corrected chi connectivity index (χ3v) is 4.14. The van der Waals surface area contributed by atoms with E-state index in [1.807, 2.05) is 49.8 Å². The number of amides is 1. The smallest absolute Gasteiger partial charge is 0.236 e. The zero-order chi connectivity index (χ0) is 15.3. The van der Waals surface area contributed by atoms with Gasteiger partial charge < -0.3 is 4.90 Å². The van der Waals surface area contributed by atoms with Crippen LogP contribution < -0.4 is 0 Å². The van der Waals surface area contributed by atoms with Crippen LogP contribution in [-0.4, -0.2) is 42.4 Å². The summed E-state index contributed by atoms with van der Waals surface area (Å²) < 4.78 is 0. The van der Waals surface area contributed by atoms with E-state index in [4.69, 9.17) is 23.2 Å². The molecule has 112 valence electrons. The summed E-state index contributed by atoms with van der Waals surface area (Å²) in [6, 6.07) is 5.52. The van der Waals surface area contributed by atoms with Crippen molar-refractivity contribution < 1.29 is 4.79 Å². The summed E-state index contributed by atoms with van der Waals surface area (Å²) in [5.41, 5.74) is 0.978. The summed E-state index contributed by atoms with van der Waals surface area (Å²) in [6.45, 7) is 7.85. The highest BCUT2D eigenvalue weighted by Gasteiger charge is 2.19. The van der Waals surface area contributed by atoms with Crippen LogP contribution in [-0.2, 0) is 4.79 Å². The summed E-state index contributed by atoms with van der Waals surface area (Å²) in [6.07, 6.45) is 0. The minimum atomic E-state index is 0.0549. The van der Waals surface area contributed by atoms with Gasteiger partial charge in [0.2, 0.25) is 5.91 Å². The first kappa shape index (κ1) is 17.3. The van der Waals surface area contributed by atoms with Gasteiger partial charge in [0.25, 0.3) is 0 Å². The molecule has 0 aliphatic rings. The van der Waals surface area contributed by atoms with Gasteiger partial charge >= 0.3 is 0 Å². The first-order valence-electron chi connectivity index (χ1n) is 6.83. The highest BCUT2D eigenvalue weighted by atomic mass is 35.5. The molecule has 20 heavy (non-hydrogen) atoms. The number of rotatable bonds is 6. The van der Waals surface area contributed by atoms with E-state index in [-0.39, 0.29) is 11.9 Å². The number of carbonyl (C=O) groups excluding carboxylic acids is 1. The van der Waals surface area contributed by atoms with Crippen LogP contribution in [0.15, 0.2) is 18.2 Å². The van der Waals surface area contributed by atoms with E-state index in [1.165, 1.54) is 0 Å². The maximum Gasteiger partial charge on any atom is 0.236 e. The molecule has 0 aliphatic carbocycles. The zero-order valence-electron chi connectivity index (χ0n) is 12.5. The van der Waals surface area contributed by atoms with Crippen molar-refractivity contribution in [2.45, 2.75) is 26.8 Å². The van der Waals surface area contributed by atoms with Crippen molar-refractivity contribution in [2.75, 3.05) is 26.7 Å². The molecule has 1 rings (SSSR count). The number of nitrogens with zero attached hydrogens (tertiary/aromatic N) is 2. The molecule has 0 radical (unpaired) electrons. The largest absolute Gasteiger partial charge is 0.342 e. The molecule has 0 saturated carbocycles. The summed E-state index contributed by atoms with van der Waals surface area (Å²) in [7, 11) is 1.93. The van der Waals surface area contributed by atoms with Gasteiger partial charge in [0, 0.05) is 29.2 Å². The molecule has 0 N–H and O–H groups in total. The van der Waals surface area contributed by atoms with Crippen LogP contribution in [0.5, 0.6) is 0 Å². The predicted octanol–water partition coefficient (Wildman–Crippen LogP) is 3.85. The van der Waals surface area contributed by atoms with E-state index >= 15 is 0 Å². The summed E-state index contributed by atoms with van der Waals surface area (Å²) in [4.78, 5) is 15.9. The lowest BCUT2D eigenvalue weighted by molar-refractivity contribution is -0.132. The third kappa shape index (κ3) is 4.37. The van der Waals surface area contributed by atoms with Gasteiger partial charge in [-0.05, 0) is 45.5 Å². The van der Waals surface area contributed by atoms with E-state index in [0.717, 1.165) is 18.7 Å². The Bertz CT molecular complexity index is 461. The van der Waals surface area contributed by atoms with E-state index in [0.29, 0.717) is 16.6 Å². The van der Waals surface area contributed by atoms with Gasteiger partial charge in [0.15, 0.2) is 0 Å². The molecule has 1 aromatic carbocycles. The Balaban J connectivity index is 2.76. The summed E-state index contributed by atoms with van der Waals surface area (Å²) in [5.74, 6) is 0.134. The Morgan fingerprint density at radius 3 is 2.35 bits per heavy atom. The molecule has 3 nitrogen and oxygen atoms in total. The van der Waals surface area contributed by atoms with Crippen molar-refractivity contribution in [2.24, 2.45) is 0 Å². The Kier molecular flexibility index (Phi) is 6.80. The molecule has 1 aromatic rings. The highest BCUT2D eigenvalue weighted by Crippen LogP contribution is 2.28. The lowest BCUT2D eigenvalue weighted by Gasteiger charge is -2.28. The average molecular weight is 317 g/mol. The molecular formula is C15H22Cl2N2O. The second kappa shape index (κ2) is 7.87. The lowest BCUT2D eigenvalue weighted by Crippen LogP contribution is -2.39. The van der Waals surface area contributed by atoms with Crippen molar-refractivity contribution in [3.63, 3.8) is 0 Å². The van der Waals surface area contributed by atoms with Crippen LogP contribution in [0.1, 0.15) is 32.4 Å². The minimum Gasteiger partial charge on any atom is -0.342 e. The monoisotopic (exact) mass is 316 g/mol. The standard InChI is InChI=1S/C15H22Cl2N2O/c1-5-19(6-2)15(20)10-18(4)11(3)13-8-7-12(16)9-14(13)17/h7-9,11H,5-6,10H2,1-4H3. The fraction of sp³-hybridized carbons (Fsp3) is 0.533. The number of halogens is 2. The van der Waals surface area contributed by atoms with E-state index in [2.05, 4.69) is 0 Å². The molecule has 5 heteroatoms. The molecule has 1 atom stereocenters. The molecule has 0 aliphatic heterocycles. The van der Waals surface area contributed by atoms with Crippen molar-refractivity contribution in [1.29, 1.82) is 0 Å². The molecule has 0 fully saturated rings. The molecule has 0 saturated heterocycles. The van der Waals surface area contributed by atoms with Crippen LogP contribution in [0.4, 0.5) is 0 Å². The molecule has 0 bridgehead atoms. The maximum atomic E-state index is 12.1. The maximum absolute atomic E-state index is 12.1. The van der Waals surface area contributed by atoms with Gasteiger partial charge in [-0.25, -0.2) is 0 Å². The minimum absolute atomic E-state index is 0.0549. The highest BCUT2D eigenvalue weighted by molar-refractivity contribution is 6.35. The Morgan fingerprint density at radius 1 is 1.25 bits per heavy atom. The molecule has 0 aromatic heterocycles. The SMILES string of the molecule is CCN(CC)C(=O)CN(C)C(C)c1ccc(Cl)cc1Cl. The summed E-state index contributed by atoms with van der Waals surface area (Å²) >= 11 is 12.1. The molecule has 0 spiro atoms.